The van der Waals surface area contributed by atoms with Crippen LogP contribution in [-0.4, -0.2) is 57.9 Å². The van der Waals surface area contributed by atoms with Gasteiger partial charge in [0.2, 0.25) is 12.3 Å². The molecule has 4 heterocycles. The fourth-order valence-corrected chi connectivity index (χ4v) is 5.55. The molecule has 5 rings (SSSR count). The van der Waals surface area contributed by atoms with Gasteiger partial charge in [-0.1, -0.05) is 12.1 Å². The highest BCUT2D eigenvalue weighted by molar-refractivity contribution is 7.07. The Bertz CT molecular complexity index is 1610. The molecule has 1 aliphatic rings. The van der Waals surface area contributed by atoms with Gasteiger partial charge in [-0.3, -0.25) is 9.59 Å². The number of amides is 2. The first kappa shape index (κ1) is 30.1. The zero-order valence-electron chi connectivity index (χ0n) is 22.4. The number of H-pyrrole nitrogens is 1. The first-order valence-corrected chi connectivity index (χ1v) is 13.9. The molecule has 0 fully saturated rings. The Kier molecular flexibility index (Phi) is 8.44. The van der Waals surface area contributed by atoms with Crippen molar-refractivity contribution in [2.75, 3.05) is 24.2 Å². The van der Waals surface area contributed by atoms with Crippen molar-refractivity contribution >= 4 is 40.5 Å². The summed E-state index contributed by atoms with van der Waals surface area (Å²) in [5.74, 6) is -3.97. The molecule has 8 nitrogen and oxygen atoms in total. The minimum absolute atomic E-state index is 0.0294. The lowest BCUT2D eigenvalue weighted by Crippen LogP contribution is -2.38. The summed E-state index contributed by atoms with van der Waals surface area (Å²) in [6.07, 6.45) is -7.99. The van der Waals surface area contributed by atoms with Gasteiger partial charge in [0, 0.05) is 48.8 Å². The molecule has 15 heteroatoms. The molecule has 0 saturated heterocycles. The number of hydrogen-bond donors (Lipinski definition) is 3. The number of pyridine rings is 1. The molecule has 2 atom stereocenters. The second-order valence-electron chi connectivity index (χ2n) is 10.0. The molecule has 43 heavy (non-hydrogen) atoms. The number of carbonyl (C=O) groups excluding carboxylic acids is 2. The minimum atomic E-state index is -4.50. The van der Waals surface area contributed by atoms with E-state index in [1.165, 1.54) is 53.7 Å². The molecule has 1 unspecified atom stereocenters. The molecule has 3 N–H and O–H groups in total. The molecule has 1 aliphatic heterocycles. The maximum absolute atomic E-state index is 13.5. The van der Waals surface area contributed by atoms with E-state index in [0.717, 1.165) is 12.1 Å². The van der Waals surface area contributed by atoms with Crippen molar-refractivity contribution in [3.05, 3.63) is 76.1 Å². The number of rotatable bonds is 9. The van der Waals surface area contributed by atoms with Gasteiger partial charge in [-0.2, -0.15) is 13.2 Å². The Balaban J connectivity index is 1.53. The molecule has 0 spiro atoms. The number of hydrogen-bond acceptors (Lipinski definition) is 6. The van der Waals surface area contributed by atoms with Crippen molar-refractivity contribution in [2.24, 2.45) is 0 Å². The molecule has 1 aromatic carbocycles. The SMILES string of the molecule is CN1C[C@@H](CC(F)(F)F)c2[nH]c(-c3ccnc(NC(=O)C(CC(F)F)c4ccc(F)cc4)c3)c(Nc3cscn3)c2C1=O. The zero-order valence-corrected chi connectivity index (χ0v) is 23.2. The molecule has 0 radical (unpaired) electrons. The van der Waals surface area contributed by atoms with E-state index < -0.39 is 54.9 Å². The van der Waals surface area contributed by atoms with Crippen LogP contribution in [0.4, 0.5) is 43.7 Å². The Morgan fingerprint density at radius 1 is 1.16 bits per heavy atom. The van der Waals surface area contributed by atoms with Gasteiger partial charge in [0.05, 0.1) is 34.8 Å². The van der Waals surface area contributed by atoms with Crippen LogP contribution in [0.25, 0.3) is 11.3 Å². The third-order valence-corrected chi connectivity index (χ3v) is 7.54. The van der Waals surface area contributed by atoms with Crippen LogP contribution in [0.1, 0.15) is 46.3 Å². The Hall–Kier alpha value is -4.40. The second kappa shape index (κ2) is 12.1. The Morgan fingerprint density at radius 3 is 2.56 bits per heavy atom. The average molecular weight is 623 g/mol. The average Bonchev–Trinajstić information content (AvgIpc) is 3.59. The van der Waals surface area contributed by atoms with Gasteiger partial charge in [0.15, 0.2) is 0 Å². The normalized spacial score (nSPS) is 15.9. The lowest BCUT2D eigenvalue weighted by atomic mass is 9.92. The molecule has 0 aliphatic carbocycles. The van der Waals surface area contributed by atoms with Crippen LogP contribution in [-0.2, 0) is 4.79 Å². The topological polar surface area (TPSA) is 103 Å². The number of nitrogens with zero attached hydrogens (tertiary/aromatic N) is 3. The summed E-state index contributed by atoms with van der Waals surface area (Å²) in [5.41, 5.74) is 2.62. The number of aromatic nitrogens is 3. The minimum Gasteiger partial charge on any atom is -0.356 e. The van der Waals surface area contributed by atoms with E-state index in [9.17, 15) is 35.9 Å². The van der Waals surface area contributed by atoms with E-state index in [1.54, 1.807) is 10.9 Å². The molecule has 0 saturated carbocycles. The number of halogens is 6. The van der Waals surface area contributed by atoms with Gasteiger partial charge >= 0.3 is 6.18 Å². The van der Waals surface area contributed by atoms with E-state index in [4.69, 9.17) is 0 Å². The summed E-state index contributed by atoms with van der Waals surface area (Å²) in [5, 5.41) is 7.20. The van der Waals surface area contributed by atoms with Gasteiger partial charge in [0.25, 0.3) is 5.91 Å². The van der Waals surface area contributed by atoms with Gasteiger partial charge in [-0.15, -0.1) is 11.3 Å². The van der Waals surface area contributed by atoms with E-state index in [-0.39, 0.29) is 40.6 Å². The van der Waals surface area contributed by atoms with Gasteiger partial charge < -0.3 is 20.5 Å². The molecule has 226 valence electrons. The second-order valence-corrected chi connectivity index (χ2v) is 10.7. The number of thiazole rings is 1. The van der Waals surface area contributed by atoms with Crippen molar-refractivity contribution < 1.29 is 35.9 Å². The maximum atomic E-state index is 13.5. The molecule has 3 aromatic heterocycles. The lowest BCUT2D eigenvalue weighted by molar-refractivity contribution is -0.139. The van der Waals surface area contributed by atoms with Crippen molar-refractivity contribution in [1.82, 2.24) is 19.9 Å². The number of likely N-dealkylation sites (N-methyl/N-ethyl adjacent to an activating group) is 1. The van der Waals surface area contributed by atoms with Crippen LogP contribution in [0.5, 0.6) is 0 Å². The lowest BCUT2D eigenvalue weighted by Gasteiger charge is -2.30. The third-order valence-electron chi connectivity index (χ3n) is 6.96. The fraction of sp³-hybridized carbons (Fsp3) is 0.286. The van der Waals surface area contributed by atoms with Crippen molar-refractivity contribution in [3.63, 3.8) is 0 Å². The number of nitrogens with one attached hydrogen (secondary N) is 3. The fourth-order valence-electron chi connectivity index (χ4n) is 5.07. The summed E-state index contributed by atoms with van der Waals surface area (Å²) >= 11 is 1.27. The molecular weight excluding hydrogens is 598 g/mol. The van der Waals surface area contributed by atoms with Crippen LogP contribution < -0.4 is 10.6 Å². The number of aromatic amines is 1. The van der Waals surface area contributed by atoms with Crippen molar-refractivity contribution in [2.45, 2.75) is 37.3 Å². The molecule has 0 bridgehead atoms. The highest BCUT2D eigenvalue weighted by Gasteiger charge is 2.41. The van der Waals surface area contributed by atoms with Crippen LogP contribution in [0.15, 0.2) is 53.5 Å². The Labute approximate surface area is 245 Å². The maximum Gasteiger partial charge on any atom is 0.389 e. The Morgan fingerprint density at radius 2 is 1.91 bits per heavy atom. The number of anilines is 3. The van der Waals surface area contributed by atoms with E-state index in [2.05, 4.69) is 25.6 Å². The standard InChI is InChI=1S/C28H24F6N6O2S/c1-40-11-16(10-28(32,33)34)23-22(27(40)42)25(37-21-12-43-13-36-21)24(39-23)15-6-7-35-20(8-15)38-26(41)18(9-19(30)31)14-2-4-17(29)5-3-14/h2-8,12-13,16,18-19,37,39H,9-11H2,1H3,(H,35,38,41)/t16-,18?/m1/s1. The quantitative estimate of drug-likeness (QED) is 0.176. The van der Waals surface area contributed by atoms with Crippen LogP contribution in [0, 0.1) is 5.82 Å². The largest absolute Gasteiger partial charge is 0.389 e. The van der Waals surface area contributed by atoms with Gasteiger partial charge in [-0.25, -0.2) is 23.1 Å². The summed E-state index contributed by atoms with van der Waals surface area (Å²) in [4.78, 5) is 38.9. The predicted molar refractivity (Wildman–Crippen MR) is 148 cm³/mol. The van der Waals surface area contributed by atoms with E-state index in [1.807, 2.05) is 0 Å². The third kappa shape index (κ3) is 6.82. The summed E-state index contributed by atoms with van der Waals surface area (Å²) in [6.45, 7) is -0.159. The molecule has 4 aromatic rings. The molecule has 2 amide bonds. The number of fused-ring (bicyclic) bond motifs is 1. The van der Waals surface area contributed by atoms with Gasteiger partial charge in [-0.05, 0) is 29.8 Å². The number of alkyl halides is 5. The zero-order chi connectivity index (χ0) is 30.9. The monoisotopic (exact) mass is 622 g/mol. The van der Waals surface area contributed by atoms with Crippen molar-refractivity contribution in [1.29, 1.82) is 0 Å². The smallest absolute Gasteiger partial charge is 0.356 e. The summed E-state index contributed by atoms with van der Waals surface area (Å²) in [6, 6.07) is 7.54. The van der Waals surface area contributed by atoms with E-state index >= 15 is 0 Å². The highest BCUT2D eigenvalue weighted by atomic mass is 32.1. The summed E-state index contributed by atoms with van der Waals surface area (Å²) in [7, 11) is 1.42. The highest BCUT2D eigenvalue weighted by Crippen LogP contribution is 2.44. The predicted octanol–water partition coefficient (Wildman–Crippen LogP) is 6.92. The first-order valence-electron chi connectivity index (χ1n) is 12.9. The van der Waals surface area contributed by atoms with Crippen molar-refractivity contribution in [3.8, 4) is 11.3 Å². The van der Waals surface area contributed by atoms with Crippen LogP contribution in [0.3, 0.4) is 0 Å². The van der Waals surface area contributed by atoms with Crippen LogP contribution in [0.2, 0.25) is 0 Å². The molecular formula is C28H24F6N6O2S. The number of benzene rings is 1. The number of carbonyl (C=O) groups is 2. The van der Waals surface area contributed by atoms with E-state index in [0.29, 0.717) is 11.4 Å². The van der Waals surface area contributed by atoms with Gasteiger partial charge in [0.1, 0.15) is 17.5 Å². The first-order chi connectivity index (χ1) is 20.4. The summed E-state index contributed by atoms with van der Waals surface area (Å²) < 4.78 is 80.6. The van der Waals surface area contributed by atoms with Crippen LogP contribution >= 0.6 is 11.3 Å².